The molecule has 1 fully saturated rings. The van der Waals surface area contributed by atoms with Crippen LogP contribution in [0.2, 0.25) is 0 Å². The van der Waals surface area contributed by atoms with Crippen LogP contribution in [-0.4, -0.2) is 6.61 Å². The highest BCUT2D eigenvalue weighted by Gasteiger charge is 2.22. The summed E-state index contributed by atoms with van der Waals surface area (Å²) in [6.07, 6.45) is 12.3. The lowest BCUT2D eigenvalue weighted by molar-refractivity contribution is -0.0199. The lowest BCUT2D eigenvalue weighted by atomic mass is 9.90. The molecule has 1 saturated heterocycles. The summed E-state index contributed by atoms with van der Waals surface area (Å²) in [5.41, 5.74) is 2.79. The zero-order chi connectivity index (χ0) is 14.9. The Balaban J connectivity index is 1.67. The van der Waals surface area contributed by atoms with Crippen molar-refractivity contribution in [3.8, 4) is 0 Å². The standard InChI is InChI=1S/C20H32O/c1-3-5-6-7-8-9-18-12-15-20(21-16-18)19-13-10-17(4-2)11-14-19/h10-11,13-14,18,20H,3-9,12,15-16H2,1-2H3. The van der Waals surface area contributed by atoms with E-state index in [2.05, 4.69) is 38.1 Å². The maximum Gasteiger partial charge on any atom is 0.0825 e. The Hall–Kier alpha value is -0.820. The van der Waals surface area contributed by atoms with E-state index in [0.29, 0.717) is 6.10 Å². The minimum Gasteiger partial charge on any atom is -0.373 e. The van der Waals surface area contributed by atoms with Crippen molar-refractivity contribution in [1.29, 1.82) is 0 Å². The Morgan fingerprint density at radius 3 is 2.33 bits per heavy atom. The van der Waals surface area contributed by atoms with Crippen molar-refractivity contribution in [1.82, 2.24) is 0 Å². The zero-order valence-electron chi connectivity index (χ0n) is 13.9. The van der Waals surface area contributed by atoms with Crippen molar-refractivity contribution >= 4 is 0 Å². The summed E-state index contributed by atoms with van der Waals surface area (Å²) in [4.78, 5) is 0. The van der Waals surface area contributed by atoms with Gasteiger partial charge in [0.2, 0.25) is 0 Å². The molecule has 0 radical (unpaired) electrons. The molecular formula is C20H32O. The first kappa shape index (κ1) is 16.5. The average molecular weight is 288 g/mol. The maximum absolute atomic E-state index is 6.13. The summed E-state index contributed by atoms with van der Waals surface area (Å²) in [7, 11) is 0. The maximum atomic E-state index is 6.13. The Bertz CT molecular complexity index is 373. The monoisotopic (exact) mass is 288 g/mol. The molecule has 1 aromatic carbocycles. The van der Waals surface area contributed by atoms with Crippen LogP contribution in [0.25, 0.3) is 0 Å². The molecule has 1 heterocycles. The van der Waals surface area contributed by atoms with Crippen LogP contribution in [0.15, 0.2) is 24.3 Å². The summed E-state index contributed by atoms with van der Waals surface area (Å²) in [5, 5.41) is 0. The molecule has 21 heavy (non-hydrogen) atoms. The highest BCUT2D eigenvalue weighted by Crippen LogP contribution is 2.32. The lowest BCUT2D eigenvalue weighted by Crippen LogP contribution is -2.20. The van der Waals surface area contributed by atoms with Crippen molar-refractivity contribution in [3.63, 3.8) is 0 Å². The minimum atomic E-state index is 0.340. The van der Waals surface area contributed by atoms with Gasteiger partial charge < -0.3 is 4.74 Å². The fourth-order valence-electron chi connectivity index (χ4n) is 3.30. The van der Waals surface area contributed by atoms with Crippen molar-refractivity contribution < 1.29 is 4.74 Å². The Kier molecular flexibility index (Phi) is 7.29. The smallest absolute Gasteiger partial charge is 0.0825 e. The van der Waals surface area contributed by atoms with Gasteiger partial charge in [-0.3, -0.25) is 0 Å². The van der Waals surface area contributed by atoms with Crippen molar-refractivity contribution in [2.24, 2.45) is 5.92 Å². The molecule has 1 aliphatic heterocycles. The van der Waals surface area contributed by atoms with Gasteiger partial charge in [-0.2, -0.15) is 0 Å². The fraction of sp³-hybridized carbons (Fsp3) is 0.700. The van der Waals surface area contributed by atoms with E-state index in [9.17, 15) is 0 Å². The van der Waals surface area contributed by atoms with Crippen molar-refractivity contribution in [2.75, 3.05) is 6.61 Å². The molecular weight excluding hydrogens is 256 g/mol. The summed E-state index contributed by atoms with van der Waals surface area (Å²) >= 11 is 0. The SMILES string of the molecule is CCCCCCCC1CCC(c2ccc(CC)cc2)OC1. The van der Waals surface area contributed by atoms with Gasteiger partial charge in [0.1, 0.15) is 0 Å². The third kappa shape index (κ3) is 5.47. The molecule has 0 N–H and O–H groups in total. The molecule has 0 aliphatic carbocycles. The van der Waals surface area contributed by atoms with Gasteiger partial charge in [0, 0.05) is 0 Å². The molecule has 2 unspecified atom stereocenters. The third-order valence-electron chi connectivity index (χ3n) is 4.85. The van der Waals surface area contributed by atoms with E-state index < -0.39 is 0 Å². The zero-order valence-corrected chi connectivity index (χ0v) is 13.9. The van der Waals surface area contributed by atoms with Gasteiger partial charge in [0.15, 0.2) is 0 Å². The Morgan fingerprint density at radius 1 is 0.952 bits per heavy atom. The largest absolute Gasteiger partial charge is 0.373 e. The quantitative estimate of drug-likeness (QED) is 0.527. The number of aryl methyl sites for hydroxylation is 1. The second kappa shape index (κ2) is 9.25. The molecule has 1 aliphatic rings. The van der Waals surface area contributed by atoms with Gasteiger partial charge in [-0.1, -0.05) is 70.2 Å². The minimum absolute atomic E-state index is 0.340. The van der Waals surface area contributed by atoms with Gasteiger partial charge in [-0.05, 0) is 42.7 Å². The molecule has 0 bridgehead atoms. The van der Waals surface area contributed by atoms with Crippen LogP contribution >= 0.6 is 0 Å². The van der Waals surface area contributed by atoms with E-state index in [-0.39, 0.29) is 0 Å². The summed E-state index contributed by atoms with van der Waals surface area (Å²) in [6, 6.07) is 9.01. The van der Waals surface area contributed by atoms with Crippen molar-refractivity contribution in [2.45, 2.75) is 77.7 Å². The predicted molar refractivity (Wildman–Crippen MR) is 90.6 cm³/mol. The summed E-state index contributed by atoms with van der Waals surface area (Å²) in [5.74, 6) is 0.804. The van der Waals surface area contributed by atoms with Crippen LogP contribution in [-0.2, 0) is 11.2 Å². The van der Waals surface area contributed by atoms with Crippen LogP contribution in [0, 0.1) is 5.92 Å². The highest BCUT2D eigenvalue weighted by atomic mass is 16.5. The van der Waals surface area contributed by atoms with Crippen LogP contribution in [0.3, 0.4) is 0 Å². The first-order chi connectivity index (χ1) is 10.3. The molecule has 118 valence electrons. The first-order valence-electron chi connectivity index (χ1n) is 9.04. The number of hydrogen-bond donors (Lipinski definition) is 0. The van der Waals surface area contributed by atoms with Gasteiger partial charge in [-0.15, -0.1) is 0 Å². The van der Waals surface area contributed by atoms with Gasteiger partial charge in [0.25, 0.3) is 0 Å². The summed E-state index contributed by atoms with van der Waals surface area (Å²) in [6.45, 7) is 5.45. The topological polar surface area (TPSA) is 9.23 Å². The molecule has 0 saturated carbocycles. The van der Waals surface area contributed by atoms with Crippen LogP contribution in [0.1, 0.15) is 82.4 Å². The molecule has 2 rings (SSSR count). The van der Waals surface area contributed by atoms with E-state index in [1.165, 1.54) is 62.5 Å². The number of hydrogen-bond acceptors (Lipinski definition) is 1. The van der Waals surface area contributed by atoms with Gasteiger partial charge >= 0.3 is 0 Å². The molecule has 0 spiro atoms. The van der Waals surface area contributed by atoms with Crippen molar-refractivity contribution in [3.05, 3.63) is 35.4 Å². The van der Waals surface area contributed by atoms with E-state index in [1.807, 2.05) is 0 Å². The molecule has 0 aromatic heterocycles. The molecule has 2 atom stereocenters. The molecule has 1 nitrogen and oxygen atoms in total. The Morgan fingerprint density at radius 2 is 1.71 bits per heavy atom. The van der Waals surface area contributed by atoms with Crippen LogP contribution < -0.4 is 0 Å². The average Bonchev–Trinajstić information content (AvgIpc) is 2.55. The van der Waals surface area contributed by atoms with Crippen LogP contribution in [0.4, 0.5) is 0 Å². The molecule has 1 heteroatoms. The Labute approximate surface area is 131 Å². The highest BCUT2D eigenvalue weighted by molar-refractivity contribution is 5.24. The number of benzene rings is 1. The second-order valence-electron chi connectivity index (χ2n) is 6.56. The number of ether oxygens (including phenoxy) is 1. The fourth-order valence-corrected chi connectivity index (χ4v) is 3.30. The third-order valence-corrected chi connectivity index (χ3v) is 4.85. The second-order valence-corrected chi connectivity index (χ2v) is 6.56. The molecule has 0 amide bonds. The normalized spacial score (nSPS) is 22.4. The number of unbranched alkanes of at least 4 members (excludes halogenated alkanes) is 4. The predicted octanol–water partition coefficient (Wildman–Crippen LogP) is 6.08. The molecule has 1 aromatic rings. The van der Waals surface area contributed by atoms with E-state index >= 15 is 0 Å². The number of rotatable bonds is 8. The van der Waals surface area contributed by atoms with E-state index in [1.54, 1.807) is 0 Å². The lowest BCUT2D eigenvalue weighted by Gasteiger charge is -2.29. The van der Waals surface area contributed by atoms with E-state index in [4.69, 9.17) is 4.74 Å². The first-order valence-corrected chi connectivity index (χ1v) is 9.04. The van der Waals surface area contributed by atoms with Gasteiger partial charge in [-0.25, -0.2) is 0 Å². The summed E-state index contributed by atoms with van der Waals surface area (Å²) < 4.78 is 6.13. The van der Waals surface area contributed by atoms with Gasteiger partial charge in [0.05, 0.1) is 12.7 Å². The van der Waals surface area contributed by atoms with Crippen LogP contribution in [0.5, 0.6) is 0 Å². The van der Waals surface area contributed by atoms with E-state index in [0.717, 1.165) is 18.9 Å².